The number of alkyl carbamates (subject to hydrolysis) is 1. The number of likely N-dealkylation sites (N-methyl/N-ethyl adjacent to an activating group) is 1. The SMILES string of the molecule is COc1ccc2c(OC3C[C@H]4C(=O)N[C@]5(C(=O)NS(=O)(=O)C6CC6)C[C@H]5C=CCCCN(C)C[C@H](NC(=O)OC(C)(C)C)C(=O)N4C3)nc(N(C)C)cc2c1. The number of nitrogens with zero attached hydrogens (tertiary/aromatic N) is 4. The molecule has 6 rings (SSSR count). The van der Waals surface area contributed by atoms with Gasteiger partial charge in [-0.2, -0.15) is 4.98 Å². The molecule has 1 aromatic heterocycles. The zero-order chi connectivity index (χ0) is 39.9. The standard InChI is InChI=1S/C38H53N7O9S/c1-37(2,3)54-36(49)39-29-22-44(6)16-10-8-9-11-24-20-38(24,35(48)42-55(50,51)27-13-14-27)41-32(46)30-19-26(21-45(30)34(29)47)53-33-28-15-12-25(52-7)17-23(28)18-31(40-33)43(4)5/h9,11-12,15,17-18,24,26-27,29-30H,8,10,13-14,16,19-22H2,1-7H3,(H,39,49)(H,41,46)(H,42,48)/t24-,26?,29+,30+,38-/m1/s1. The van der Waals surface area contributed by atoms with Gasteiger partial charge in [0.2, 0.25) is 27.7 Å². The topological polar surface area (TPSA) is 189 Å². The largest absolute Gasteiger partial charge is 0.497 e. The van der Waals surface area contributed by atoms with E-state index in [4.69, 9.17) is 19.2 Å². The molecule has 2 aromatic rings. The molecule has 4 aliphatic rings. The Balaban J connectivity index is 1.35. The second-order valence-corrected chi connectivity index (χ2v) is 18.2. The number of hydrogen-bond acceptors (Lipinski definition) is 12. The molecule has 1 aromatic carbocycles. The van der Waals surface area contributed by atoms with Crippen LogP contribution in [0.1, 0.15) is 59.3 Å². The van der Waals surface area contributed by atoms with E-state index >= 15 is 0 Å². The van der Waals surface area contributed by atoms with Crippen molar-refractivity contribution in [3.05, 3.63) is 36.4 Å². The number of hydrogen-bond donors (Lipinski definition) is 3. The molecular formula is C38H53N7O9S. The molecule has 3 fully saturated rings. The number of anilines is 1. The van der Waals surface area contributed by atoms with Crippen LogP contribution in [0.4, 0.5) is 10.6 Å². The van der Waals surface area contributed by atoms with Crippen LogP contribution in [-0.2, 0) is 29.1 Å². The highest BCUT2D eigenvalue weighted by Gasteiger charge is 2.62. The van der Waals surface area contributed by atoms with Crippen LogP contribution in [0.15, 0.2) is 36.4 Å². The van der Waals surface area contributed by atoms with E-state index in [1.807, 2.05) is 61.3 Å². The molecule has 2 aliphatic heterocycles. The molecule has 300 valence electrons. The third-order valence-corrected chi connectivity index (χ3v) is 12.1. The maximum atomic E-state index is 14.6. The van der Waals surface area contributed by atoms with Crippen molar-refractivity contribution in [2.75, 3.05) is 52.8 Å². The van der Waals surface area contributed by atoms with Crippen molar-refractivity contribution >= 4 is 50.4 Å². The Kier molecular flexibility index (Phi) is 11.3. The number of benzene rings is 1. The van der Waals surface area contributed by atoms with Crippen LogP contribution in [0.2, 0.25) is 0 Å². The predicted molar refractivity (Wildman–Crippen MR) is 205 cm³/mol. The number of aromatic nitrogens is 1. The fraction of sp³-hybridized carbons (Fsp3) is 0.605. The Labute approximate surface area is 322 Å². The lowest BCUT2D eigenvalue weighted by Gasteiger charge is -2.32. The molecule has 0 bridgehead atoms. The number of amides is 4. The van der Waals surface area contributed by atoms with Crippen molar-refractivity contribution in [3.63, 3.8) is 0 Å². The minimum Gasteiger partial charge on any atom is -0.497 e. The quantitative estimate of drug-likeness (QED) is 0.332. The minimum absolute atomic E-state index is 0.0245. The maximum Gasteiger partial charge on any atom is 0.408 e. The van der Waals surface area contributed by atoms with E-state index in [-0.39, 0.29) is 25.9 Å². The Hall–Kier alpha value is -4.64. The van der Waals surface area contributed by atoms with E-state index in [0.29, 0.717) is 55.1 Å². The Morgan fingerprint density at radius 1 is 1.11 bits per heavy atom. The summed E-state index contributed by atoms with van der Waals surface area (Å²) < 4.78 is 45.5. The summed E-state index contributed by atoms with van der Waals surface area (Å²) in [6.45, 7) is 5.83. The average molecular weight is 784 g/mol. The highest BCUT2D eigenvalue weighted by atomic mass is 32.2. The summed E-state index contributed by atoms with van der Waals surface area (Å²) in [5, 5.41) is 6.48. The molecule has 2 aliphatic carbocycles. The first-order valence-corrected chi connectivity index (χ1v) is 20.3. The number of carbonyl (C=O) groups excluding carboxylic acids is 4. The first kappa shape index (κ1) is 40.0. The molecule has 4 amide bonds. The highest BCUT2D eigenvalue weighted by Crippen LogP contribution is 2.46. The van der Waals surface area contributed by atoms with Gasteiger partial charge in [-0.15, -0.1) is 0 Å². The summed E-state index contributed by atoms with van der Waals surface area (Å²) in [7, 11) is 3.22. The van der Waals surface area contributed by atoms with Crippen molar-refractivity contribution in [1.82, 2.24) is 30.1 Å². The van der Waals surface area contributed by atoms with Crippen LogP contribution in [-0.4, -0.2) is 129 Å². The minimum atomic E-state index is -3.91. The zero-order valence-electron chi connectivity index (χ0n) is 32.6. The van der Waals surface area contributed by atoms with Crippen LogP contribution in [0.25, 0.3) is 10.8 Å². The highest BCUT2D eigenvalue weighted by molar-refractivity contribution is 7.91. The number of allylic oxidation sites excluding steroid dienone is 1. The van der Waals surface area contributed by atoms with Gasteiger partial charge < -0.3 is 39.5 Å². The fourth-order valence-electron chi connectivity index (χ4n) is 7.11. The second kappa shape index (κ2) is 15.5. The lowest BCUT2D eigenvalue weighted by atomic mass is 10.1. The van der Waals surface area contributed by atoms with E-state index in [2.05, 4.69) is 15.4 Å². The summed E-state index contributed by atoms with van der Waals surface area (Å²) in [5.74, 6) is -0.875. The van der Waals surface area contributed by atoms with Crippen molar-refractivity contribution in [2.45, 2.75) is 93.9 Å². The molecule has 1 unspecified atom stereocenters. The number of ether oxygens (including phenoxy) is 3. The molecular weight excluding hydrogens is 731 g/mol. The number of rotatable bonds is 8. The van der Waals surface area contributed by atoms with Crippen LogP contribution < -0.4 is 29.7 Å². The van der Waals surface area contributed by atoms with E-state index in [9.17, 15) is 27.6 Å². The molecule has 0 radical (unpaired) electrons. The van der Waals surface area contributed by atoms with Crippen molar-refractivity contribution in [1.29, 1.82) is 0 Å². The average Bonchev–Trinajstić information content (AvgIpc) is 4.03. The summed E-state index contributed by atoms with van der Waals surface area (Å²) in [6.07, 6.45) is 4.76. The number of sulfonamides is 1. The number of carbonyl (C=O) groups is 4. The van der Waals surface area contributed by atoms with Gasteiger partial charge in [0.15, 0.2) is 0 Å². The summed E-state index contributed by atoms with van der Waals surface area (Å²) in [5.41, 5.74) is -2.35. The van der Waals surface area contributed by atoms with Crippen molar-refractivity contribution in [2.24, 2.45) is 5.92 Å². The van der Waals surface area contributed by atoms with Gasteiger partial charge in [-0.05, 0) is 96.1 Å². The van der Waals surface area contributed by atoms with E-state index in [1.165, 1.54) is 4.90 Å². The van der Waals surface area contributed by atoms with Gasteiger partial charge in [-0.3, -0.25) is 19.1 Å². The summed E-state index contributed by atoms with van der Waals surface area (Å²) in [4.78, 5) is 65.9. The monoisotopic (exact) mass is 783 g/mol. The Bertz CT molecular complexity index is 1960. The lowest BCUT2D eigenvalue weighted by molar-refractivity contribution is -0.141. The maximum absolute atomic E-state index is 14.6. The Morgan fingerprint density at radius 2 is 1.85 bits per heavy atom. The van der Waals surface area contributed by atoms with Crippen LogP contribution in [0.5, 0.6) is 11.6 Å². The van der Waals surface area contributed by atoms with Crippen LogP contribution in [0, 0.1) is 5.92 Å². The zero-order valence-corrected chi connectivity index (χ0v) is 33.4. The first-order chi connectivity index (χ1) is 25.9. The summed E-state index contributed by atoms with van der Waals surface area (Å²) in [6, 6.07) is 5.14. The molecule has 17 heteroatoms. The van der Waals surface area contributed by atoms with Crippen LogP contribution in [0.3, 0.4) is 0 Å². The van der Waals surface area contributed by atoms with Gasteiger partial charge >= 0.3 is 6.09 Å². The number of methoxy groups -OCH3 is 1. The normalized spacial score (nSPS) is 26.5. The fourth-order valence-corrected chi connectivity index (χ4v) is 8.48. The van der Waals surface area contributed by atoms with Crippen molar-refractivity contribution < 1.29 is 41.8 Å². The first-order valence-electron chi connectivity index (χ1n) is 18.7. The molecule has 0 spiro atoms. The van der Waals surface area contributed by atoms with E-state index in [0.717, 1.165) is 5.39 Å². The molecule has 5 atom stereocenters. The van der Waals surface area contributed by atoms with E-state index in [1.54, 1.807) is 33.9 Å². The number of fused-ring (bicyclic) bond motifs is 3. The molecule has 3 heterocycles. The van der Waals surface area contributed by atoms with Gasteiger partial charge in [-0.25, -0.2) is 13.2 Å². The third-order valence-electron chi connectivity index (χ3n) is 10.3. The number of pyridine rings is 1. The van der Waals surface area contributed by atoms with Gasteiger partial charge in [0.05, 0.1) is 18.9 Å². The van der Waals surface area contributed by atoms with Gasteiger partial charge in [0, 0.05) is 38.4 Å². The molecule has 2 saturated carbocycles. The number of nitrogens with one attached hydrogen (secondary N) is 3. The molecule has 1 saturated heterocycles. The molecule has 55 heavy (non-hydrogen) atoms. The second-order valence-electron chi connectivity index (χ2n) is 16.2. The predicted octanol–water partition coefficient (Wildman–Crippen LogP) is 2.32. The van der Waals surface area contributed by atoms with E-state index < -0.39 is 74.3 Å². The van der Waals surface area contributed by atoms with Crippen molar-refractivity contribution in [3.8, 4) is 11.6 Å². The van der Waals surface area contributed by atoms with Gasteiger partial charge in [0.1, 0.15) is 40.9 Å². The lowest BCUT2D eigenvalue weighted by Crippen LogP contribution is -2.59. The summed E-state index contributed by atoms with van der Waals surface area (Å²) >= 11 is 0. The molecule has 16 nitrogen and oxygen atoms in total. The third kappa shape index (κ3) is 9.26. The Morgan fingerprint density at radius 3 is 2.53 bits per heavy atom. The van der Waals surface area contributed by atoms with Gasteiger partial charge in [-0.1, -0.05) is 12.2 Å². The van der Waals surface area contributed by atoms with Gasteiger partial charge in [0.25, 0.3) is 5.91 Å². The smallest absolute Gasteiger partial charge is 0.408 e. The molecule has 3 N–H and O–H groups in total. The van der Waals surface area contributed by atoms with Crippen LogP contribution >= 0.6 is 0 Å².